The lowest BCUT2D eigenvalue weighted by atomic mass is 10.2. The molecule has 0 spiro atoms. The van der Waals surface area contributed by atoms with Crippen molar-refractivity contribution in [2.75, 3.05) is 0 Å². The average molecular weight is 193 g/mol. The van der Waals surface area contributed by atoms with Crippen molar-refractivity contribution in [3.63, 3.8) is 0 Å². The zero-order valence-electron chi connectivity index (χ0n) is 6.57. The molecule has 0 amide bonds. The van der Waals surface area contributed by atoms with Crippen molar-refractivity contribution in [3.05, 3.63) is 35.1 Å². The second-order valence-corrected chi connectivity index (χ2v) is 2.92. The van der Waals surface area contributed by atoms with Crippen LogP contribution in [0, 0.1) is 0 Å². The van der Waals surface area contributed by atoms with E-state index in [1.807, 2.05) is 0 Å². The Balaban J connectivity index is 2.91. The highest BCUT2D eigenvalue weighted by atomic mass is 35.5. The van der Waals surface area contributed by atoms with Crippen LogP contribution in [-0.4, -0.2) is 16.3 Å². The van der Waals surface area contributed by atoms with Gasteiger partial charge in [-0.15, -0.1) is 0 Å². The Morgan fingerprint density at radius 3 is 3.00 bits per heavy atom. The smallest absolute Gasteiger partial charge is 0.159 e. The molecule has 0 atom stereocenters. The standard InChI is InChI=1S/C9H5ClN2O/c10-8-4-12-9-6(7(8)5-13)2-1-3-11-9/h1-5H. The fourth-order valence-corrected chi connectivity index (χ4v) is 1.34. The predicted molar refractivity (Wildman–Crippen MR) is 49.9 cm³/mol. The van der Waals surface area contributed by atoms with Gasteiger partial charge in [-0.25, -0.2) is 9.97 Å². The molecule has 0 aliphatic heterocycles. The monoisotopic (exact) mass is 192 g/mol. The number of halogens is 1. The normalized spacial score (nSPS) is 10.2. The van der Waals surface area contributed by atoms with Crippen molar-refractivity contribution < 1.29 is 4.79 Å². The summed E-state index contributed by atoms with van der Waals surface area (Å²) < 4.78 is 0. The van der Waals surface area contributed by atoms with Gasteiger partial charge in [0.1, 0.15) is 0 Å². The van der Waals surface area contributed by atoms with Crippen molar-refractivity contribution >= 4 is 28.9 Å². The summed E-state index contributed by atoms with van der Waals surface area (Å²) in [4.78, 5) is 18.7. The van der Waals surface area contributed by atoms with Crippen molar-refractivity contribution in [2.24, 2.45) is 0 Å². The van der Waals surface area contributed by atoms with Gasteiger partial charge in [-0.3, -0.25) is 4.79 Å². The van der Waals surface area contributed by atoms with Crippen LogP contribution in [0.5, 0.6) is 0 Å². The van der Waals surface area contributed by atoms with E-state index in [4.69, 9.17) is 11.6 Å². The molecule has 4 heteroatoms. The molecule has 0 radical (unpaired) electrons. The van der Waals surface area contributed by atoms with Gasteiger partial charge in [0.25, 0.3) is 0 Å². The molecular formula is C9H5ClN2O. The number of carbonyl (C=O) groups is 1. The van der Waals surface area contributed by atoms with E-state index in [0.717, 1.165) is 0 Å². The number of aldehydes is 1. The van der Waals surface area contributed by atoms with Crippen LogP contribution < -0.4 is 0 Å². The molecule has 0 aliphatic carbocycles. The van der Waals surface area contributed by atoms with Crippen LogP contribution in [0.15, 0.2) is 24.5 Å². The molecule has 2 aromatic rings. The quantitative estimate of drug-likeness (QED) is 0.650. The lowest BCUT2D eigenvalue weighted by Crippen LogP contribution is -1.90. The van der Waals surface area contributed by atoms with Gasteiger partial charge in [0.05, 0.1) is 5.02 Å². The number of rotatable bonds is 1. The number of aromatic nitrogens is 2. The molecule has 0 saturated heterocycles. The fraction of sp³-hybridized carbons (Fsp3) is 0. The zero-order valence-corrected chi connectivity index (χ0v) is 7.32. The lowest BCUT2D eigenvalue weighted by molar-refractivity contribution is 0.112. The van der Waals surface area contributed by atoms with Gasteiger partial charge in [-0.1, -0.05) is 11.6 Å². The van der Waals surface area contributed by atoms with E-state index in [2.05, 4.69) is 9.97 Å². The van der Waals surface area contributed by atoms with E-state index in [0.29, 0.717) is 27.9 Å². The summed E-state index contributed by atoms with van der Waals surface area (Å²) in [5.74, 6) is 0. The Morgan fingerprint density at radius 1 is 1.38 bits per heavy atom. The van der Waals surface area contributed by atoms with Gasteiger partial charge in [-0.05, 0) is 12.1 Å². The number of fused-ring (bicyclic) bond motifs is 1. The zero-order chi connectivity index (χ0) is 9.26. The molecule has 13 heavy (non-hydrogen) atoms. The molecule has 0 aliphatic rings. The van der Waals surface area contributed by atoms with Gasteiger partial charge in [-0.2, -0.15) is 0 Å². The van der Waals surface area contributed by atoms with Crippen molar-refractivity contribution in [1.82, 2.24) is 9.97 Å². The summed E-state index contributed by atoms with van der Waals surface area (Å²) in [5.41, 5.74) is 0.980. The minimum absolute atomic E-state index is 0.357. The van der Waals surface area contributed by atoms with E-state index in [1.165, 1.54) is 6.20 Å². The predicted octanol–water partition coefficient (Wildman–Crippen LogP) is 2.10. The minimum Gasteiger partial charge on any atom is -0.298 e. The van der Waals surface area contributed by atoms with Crippen LogP contribution in [0.25, 0.3) is 11.0 Å². The van der Waals surface area contributed by atoms with Crippen LogP contribution in [0.2, 0.25) is 5.02 Å². The molecule has 2 aromatic heterocycles. The molecule has 0 saturated carbocycles. The van der Waals surface area contributed by atoms with E-state index in [9.17, 15) is 4.79 Å². The van der Waals surface area contributed by atoms with E-state index >= 15 is 0 Å². The van der Waals surface area contributed by atoms with E-state index in [-0.39, 0.29) is 0 Å². The van der Waals surface area contributed by atoms with E-state index in [1.54, 1.807) is 18.3 Å². The van der Waals surface area contributed by atoms with Gasteiger partial charge >= 0.3 is 0 Å². The second-order valence-electron chi connectivity index (χ2n) is 2.51. The van der Waals surface area contributed by atoms with Crippen LogP contribution in [0.4, 0.5) is 0 Å². The van der Waals surface area contributed by atoms with Crippen molar-refractivity contribution in [2.45, 2.75) is 0 Å². The molecule has 2 heterocycles. The van der Waals surface area contributed by atoms with Crippen LogP contribution >= 0.6 is 11.6 Å². The summed E-state index contributed by atoms with van der Waals surface area (Å²) >= 11 is 5.78. The van der Waals surface area contributed by atoms with Crippen LogP contribution in [-0.2, 0) is 0 Å². The number of carbonyl (C=O) groups excluding carboxylic acids is 1. The van der Waals surface area contributed by atoms with Crippen LogP contribution in [0.1, 0.15) is 10.4 Å². The Labute approximate surface area is 79.4 Å². The highest BCUT2D eigenvalue weighted by Crippen LogP contribution is 2.20. The molecule has 3 nitrogen and oxygen atoms in total. The first-order valence-electron chi connectivity index (χ1n) is 3.67. The molecule has 0 N–H and O–H groups in total. The van der Waals surface area contributed by atoms with Gasteiger partial charge in [0, 0.05) is 23.3 Å². The van der Waals surface area contributed by atoms with E-state index < -0.39 is 0 Å². The summed E-state index contributed by atoms with van der Waals surface area (Å²) in [6.45, 7) is 0. The van der Waals surface area contributed by atoms with Crippen molar-refractivity contribution in [1.29, 1.82) is 0 Å². The minimum atomic E-state index is 0.357. The van der Waals surface area contributed by atoms with Crippen LogP contribution in [0.3, 0.4) is 0 Å². The fourth-order valence-electron chi connectivity index (χ4n) is 1.15. The highest BCUT2D eigenvalue weighted by Gasteiger charge is 2.05. The first-order valence-corrected chi connectivity index (χ1v) is 4.05. The van der Waals surface area contributed by atoms with Gasteiger partial charge in [0.2, 0.25) is 0 Å². The third-order valence-corrected chi connectivity index (χ3v) is 2.05. The Hall–Kier alpha value is -1.48. The SMILES string of the molecule is O=Cc1c(Cl)cnc2ncccc12. The maximum Gasteiger partial charge on any atom is 0.159 e. The Morgan fingerprint density at radius 2 is 2.23 bits per heavy atom. The molecule has 0 unspecified atom stereocenters. The third-order valence-electron chi connectivity index (χ3n) is 1.75. The topological polar surface area (TPSA) is 42.9 Å². The molecule has 0 fully saturated rings. The third kappa shape index (κ3) is 1.27. The first-order chi connectivity index (χ1) is 6.33. The maximum atomic E-state index is 10.7. The first kappa shape index (κ1) is 8.13. The van der Waals surface area contributed by atoms with Gasteiger partial charge < -0.3 is 0 Å². The summed E-state index contributed by atoms with van der Waals surface area (Å²) in [6.07, 6.45) is 3.77. The molecular weight excluding hydrogens is 188 g/mol. The summed E-state index contributed by atoms with van der Waals surface area (Å²) in [6, 6.07) is 3.51. The Kier molecular flexibility index (Phi) is 1.94. The number of hydrogen-bond donors (Lipinski definition) is 0. The summed E-state index contributed by atoms with van der Waals surface area (Å²) in [5, 5.41) is 1.04. The molecule has 2 rings (SSSR count). The molecule has 0 bridgehead atoms. The molecule has 0 aromatic carbocycles. The number of nitrogens with zero attached hydrogens (tertiary/aromatic N) is 2. The molecule has 64 valence electrons. The maximum absolute atomic E-state index is 10.7. The summed E-state index contributed by atoms with van der Waals surface area (Å²) in [7, 11) is 0. The largest absolute Gasteiger partial charge is 0.298 e. The average Bonchev–Trinajstić information content (AvgIpc) is 2.18. The Bertz CT molecular complexity index is 470. The van der Waals surface area contributed by atoms with Gasteiger partial charge in [0.15, 0.2) is 11.9 Å². The lowest BCUT2D eigenvalue weighted by Gasteiger charge is -1.99. The number of hydrogen-bond acceptors (Lipinski definition) is 3. The number of pyridine rings is 2. The highest BCUT2D eigenvalue weighted by molar-refractivity contribution is 6.34. The van der Waals surface area contributed by atoms with Crippen molar-refractivity contribution in [3.8, 4) is 0 Å². The second kappa shape index (κ2) is 3.11.